The van der Waals surface area contributed by atoms with Crippen LogP contribution in [0.4, 0.5) is 0 Å². The molecule has 2 rings (SSSR count). The number of thiophene rings is 1. The second kappa shape index (κ2) is 6.66. The summed E-state index contributed by atoms with van der Waals surface area (Å²) in [6.45, 7) is 4.15. The van der Waals surface area contributed by atoms with Gasteiger partial charge in [-0.2, -0.15) is 0 Å². The predicted molar refractivity (Wildman–Crippen MR) is 79.6 cm³/mol. The molecule has 94 valence electrons. The smallest absolute Gasteiger partial charge is 0.156 e. The minimum atomic E-state index is 0.693. The molecule has 1 aliphatic heterocycles. The number of rotatable bonds is 5. The van der Waals surface area contributed by atoms with Gasteiger partial charge in [0.2, 0.25) is 0 Å². The first-order valence-electron chi connectivity index (χ1n) is 5.97. The van der Waals surface area contributed by atoms with Crippen LogP contribution in [0.2, 0.25) is 4.34 Å². The van der Waals surface area contributed by atoms with Gasteiger partial charge in [0.25, 0.3) is 0 Å². The van der Waals surface area contributed by atoms with Gasteiger partial charge in [-0.05, 0) is 25.0 Å². The molecule has 0 saturated heterocycles. The van der Waals surface area contributed by atoms with Crippen LogP contribution in [-0.4, -0.2) is 23.5 Å². The molecule has 1 N–H and O–H groups in total. The van der Waals surface area contributed by atoms with Gasteiger partial charge in [-0.1, -0.05) is 36.7 Å². The second-order valence-corrected chi connectivity index (χ2v) is 7.15. The Labute approximate surface area is 116 Å². The molecule has 2 nitrogen and oxygen atoms in total. The Hall–Kier alpha value is -0.190. The maximum absolute atomic E-state index is 5.89. The summed E-state index contributed by atoms with van der Waals surface area (Å²) in [5.74, 6) is 0. The summed E-state index contributed by atoms with van der Waals surface area (Å²) in [6.07, 6.45) is 3.53. The highest BCUT2D eigenvalue weighted by Crippen LogP contribution is 2.24. The summed E-state index contributed by atoms with van der Waals surface area (Å²) in [7, 11) is 0. The van der Waals surface area contributed by atoms with Crippen LogP contribution in [0.15, 0.2) is 17.1 Å². The van der Waals surface area contributed by atoms with Crippen LogP contribution in [-0.2, 0) is 6.42 Å². The van der Waals surface area contributed by atoms with E-state index in [-0.39, 0.29) is 0 Å². The molecule has 1 aromatic rings. The lowest BCUT2D eigenvalue weighted by Gasteiger charge is -2.07. The molecule has 5 heteroatoms. The highest BCUT2D eigenvalue weighted by Gasteiger charge is 2.17. The first-order chi connectivity index (χ1) is 8.28. The minimum absolute atomic E-state index is 0.693. The standard InChI is InChI=1S/C12H17ClN2S2/c1-2-3-10-8-15-12(17-10)14-7-6-9-4-5-11(13)16-9/h4-5,10H,2-3,6-8H2,1H3,(H,14,15). The Morgan fingerprint density at radius 3 is 3.12 bits per heavy atom. The maximum Gasteiger partial charge on any atom is 0.156 e. The third kappa shape index (κ3) is 4.19. The van der Waals surface area contributed by atoms with Crippen LogP contribution < -0.4 is 5.32 Å². The molecule has 0 amide bonds. The lowest BCUT2D eigenvalue weighted by molar-refractivity contribution is 0.753. The van der Waals surface area contributed by atoms with E-state index in [1.807, 2.05) is 17.8 Å². The molecule has 0 aromatic carbocycles. The third-order valence-electron chi connectivity index (χ3n) is 2.60. The van der Waals surface area contributed by atoms with Gasteiger partial charge < -0.3 is 5.32 Å². The number of aliphatic imine (C=N–C) groups is 1. The number of amidine groups is 1. The zero-order valence-corrected chi connectivity index (χ0v) is 12.3. The molecule has 0 aliphatic carbocycles. The van der Waals surface area contributed by atoms with Gasteiger partial charge in [-0.15, -0.1) is 11.3 Å². The van der Waals surface area contributed by atoms with Crippen molar-refractivity contribution in [1.82, 2.24) is 5.32 Å². The van der Waals surface area contributed by atoms with Crippen molar-refractivity contribution in [2.24, 2.45) is 4.99 Å². The number of halogens is 1. The van der Waals surface area contributed by atoms with E-state index in [4.69, 9.17) is 11.6 Å². The van der Waals surface area contributed by atoms with Gasteiger partial charge in [-0.3, -0.25) is 4.99 Å². The summed E-state index contributed by atoms with van der Waals surface area (Å²) >= 11 is 9.44. The Kier molecular flexibility index (Phi) is 5.19. The number of nitrogens with zero attached hydrogens (tertiary/aromatic N) is 1. The minimum Gasteiger partial charge on any atom is -0.365 e. The molecule has 1 aliphatic rings. The Morgan fingerprint density at radius 2 is 2.41 bits per heavy atom. The largest absolute Gasteiger partial charge is 0.365 e. The summed E-state index contributed by atoms with van der Waals surface area (Å²) in [5.41, 5.74) is 0. The van der Waals surface area contributed by atoms with Gasteiger partial charge in [0.15, 0.2) is 5.17 Å². The first-order valence-corrected chi connectivity index (χ1v) is 8.04. The van der Waals surface area contributed by atoms with E-state index in [0.717, 1.165) is 29.0 Å². The molecule has 0 spiro atoms. The van der Waals surface area contributed by atoms with Gasteiger partial charge in [0.05, 0.1) is 10.9 Å². The monoisotopic (exact) mass is 288 g/mol. The SMILES string of the molecule is CCCC1CN=C(NCCc2ccc(Cl)s2)S1. The fourth-order valence-corrected chi connectivity index (χ4v) is 4.01. The van der Waals surface area contributed by atoms with Crippen molar-refractivity contribution in [3.63, 3.8) is 0 Å². The van der Waals surface area contributed by atoms with E-state index in [1.54, 1.807) is 11.3 Å². The van der Waals surface area contributed by atoms with Gasteiger partial charge in [0, 0.05) is 16.7 Å². The Morgan fingerprint density at radius 1 is 1.53 bits per heavy atom. The van der Waals surface area contributed by atoms with Crippen molar-refractivity contribution in [1.29, 1.82) is 0 Å². The molecule has 0 fully saturated rings. The van der Waals surface area contributed by atoms with E-state index in [2.05, 4.69) is 23.3 Å². The van der Waals surface area contributed by atoms with Crippen LogP contribution in [0, 0.1) is 0 Å². The maximum atomic E-state index is 5.89. The van der Waals surface area contributed by atoms with Crippen molar-refractivity contribution >= 4 is 39.9 Å². The fourth-order valence-electron chi connectivity index (χ4n) is 1.77. The summed E-state index contributed by atoms with van der Waals surface area (Å²) < 4.78 is 0.871. The second-order valence-electron chi connectivity index (χ2n) is 4.06. The average Bonchev–Trinajstić information content (AvgIpc) is 2.89. The molecule has 17 heavy (non-hydrogen) atoms. The number of hydrogen-bond acceptors (Lipinski definition) is 4. The molecule has 0 radical (unpaired) electrons. The Balaban J connectivity index is 1.66. The van der Waals surface area contributed by atoms with Crippen molar-refractivity contribution in [3.05, 3.63) is 21.3 Å². The fraction of sp³-hybridized carbons (Fsp3) is 0.583. The number of nitrogens with one attached hydrogen (secondary N) is 1. The molecule has 0 bridgehead atoms. The quantitative estimate of drug-likeness (QED) is 0.891. The van der Waals surface area contributed by atoms with Gasteiger partial charge in [0.1, 0.15) is 0 Å². The molecule has 1 unspecified atom stereocenters. The van der Waals surface area contributed by atoms with Crippen LogP contribution in [0.25, 0.3) is 0 Å². The van der Waals surface area contributed by atoms with Crippen LogP contribution in [0.1, 0.15) is 24.6 Å². The number of hydrogen-bond donors (Lipinski definition) is 1. The summed E-state index contributed by atoms with van der Waals surface area (Å²) in [4.78, 5) is 5.85. The topological polar surface area (TPSA) is 24.4 Å². The Bertz CT molecular complexity index is 390. The lowest BCUT2D eigenvalue weighted by Crippen LogP contribution is -2.22. The molecule has 2 heterocycles. The molecule has 0 saturated carbocycles. The van der Waals surface area contributed by atoms with Crippen LogP contribution in [0.5, 0.6) is 0 Å². The van der Waals surface area contributed by atoms with Gasteiger partial charge >= 0.3 is 0 Å². The van der Waals surface area contributed by atoms with Crippen LogP contribution >= 0.6 is 34.7 Å². The van der Waals surface area contributed by atoms with Crippen molar-refractivity contribution < 1.29 is 0 Å². The van der Waals surface area contributed by atoms with Crippen molar-refractivity contribution in [2.75, 3.05) is 13.1 Å². The molecular weight excluding hydrogens is 272 g/mol. The highest BCUT2D eigenvalue weighted by atomic mass is 35.5. The van der Waals surface area contributed by atoms with E-state index >= 15 is 0 Å². The van der Waals surface area contributed by atoms with Crippen LogP contribution in [0.3, 0.4) is 0 Å². The zero-order chi connectivity index (χ0) is 12.1. The predicted octanol–water partition coefficient (Wildman–Crippen LogP) is 3.81. The normalized spacial score (nSPS) is 19.4. The van der Waals surface area contributed by atoms with E-state index in [1.165, 1.54) is 17.7 Å². The molecular formula is C12H17ClN2S2. The molecule has 1 atom stereocenters. The zero-order valence-electron chi connectivity index (χ0n) is 9.91. The molecule has 1 aromatic heterocycles. The van der Waals surface area contributed by atoms with Gasteiger partial charge in [-0.25, -0.2) is 0 Å². The van der Waals surface area contributed by atoms with E-state index in [0.29, 0.717) is 5.25 Å². The average molecular weight is 289 g/mol. The highest BCUT2D eigenvalue weighted by molar-refractivity contribution is 8.14. The van der Waals surface area contributed by atoms with E-state index < -0.39 is 0 Å². The third-order valence-corrected chi connectivity index (χ3v) is 5.11. The summed E-state index contributed by atoms with van der Waals surface area (Å²) in [5, 5.41) is 5.21. The van der Waals surface area contributed by atoms with Crippen molar-refractivity contribution in [3.8, 4) is 0 Å². The van der Waals surface area contributed by atoms with E-state index in [9.17, 15) is 0 Å². The summed E-state index contributed by atoms with van der Waals surface area (Å²) in [6, 6.07) is 4.05. The van der Waals surface area contributed by atoms with Crippen molar-refractivity contribution in [2.45, 2.75) is 31.4 Å². The number of thioether (sulfide) groups is 1. The lowest BCUT2D eigenvalue weighted by atomic mass is 10.2. The first kappa shape index (κ1) is 13.2.